The zero-order chi connectivity index (χ0) is 15.9. The molecular formula is C17H32O3. The van der Waals surface area contributed by atoms with Crippen molar-refractivity contribution in [3.63, 3.8) is 0 Å². The fourth-order valence-electron chi connectivity index (χ4n) is 2.71. The Hall–Kier alpha value is -0.640. The number of aliphatic hydroxyl groups is 2. The maximum absolute atomic E-state index is 10.3. The Balaban J connectivity index is 4.89. The highest BCUT2D eigenvalue weighted by Crippen LogP contribution is 2.22. The van der Waals surface area contributed by atoms with Crippen LogP contribution in [0.25, 0.3) is 0 Å². The van der Waals surface area contributed by atoms with Crippen LogP contribution in [0.1, 0.15) is 41.5 Å². The van der Waals surface area contributed by atoms with Gasteiger partial charge in [-0.1, -0.05) is 38.5 Å². The normalized spacial score (nSPS) is 19.9. The Morgan fingerprint density at radius 2 is 1.60 bits per heavy atom. The number of methoxy groups -OCH3 is 1. The van der Waals surface area contributed by atoms with Gasteiger partial charge in [0.25, 0.3) is 0 Å². The van der Waals surface area contributed by atoms with Crippen molar-refractivity contribution in [3.8, 4) is 0 Å². The fourth-order valence-corrected chi connectivity index (χ4v) is 2.71. The summed E-state index contributed by atoms with van der Waals surface area (Å²) in [5.41, 5.74) is 2.16. The highest BCUT2D eigenvalue weighted by atomic mass is 16.5. The zero-order valence-electron chi connectivity index (χ0n) is 14.1. The summed E-state index contributed by atoms with van der Waals surface area (Å²) >= 11 is 0. The van der Waals surface area contributed by atoms with E-state index in [0.29, 0.717) is 0 Å². The molecule has 0 radical (unpaired) electrons. The van der Waals surface area contributed by atoms with Gasteiger partial charge in [-0.05, 0) is 26.3 Å². The number of rotatable bonds is 8. The summed E-state index contributed by atoms with van der Waals surface area (Å²) < 4.78 is 5.47. The first kappa shape index (κ1) is 19.4. The van der Waals surface area contributed by atoms with Crippen molar-refractivity contribution in [2.45, 2.75) is 53.8 Å². The first-order valence-corrected chi connectivity index (χ1v) is 7.39. The molecule has 3 nitrogen and oxygen atoms in total. The molecule has 0 saturated carbocycles. The molecule has 20 heavy (non-hydrogen) atoms. The van der Waals surface area contributed by atoms with Crippen LogP contribution in [0.4, 0.5) is 0 Å². The van der Waals surface area contributed by atoms with Crippen LogP contribution in [-0.4, -0.2) is 36.1 Å². The third kappa shape index (κ3) is 6.21. The first-order chi connectivity index (χ1) is 9.24. The zero-order valence-corrected chi connectivity index (χ0v) is 14.1. The number of allylic oxidation sites excluding steroid dienone is 1. The predicted molar refractivity (Wildman–Crippen MR) is 84.6 cm³/mol. The van der Waals surface area contributed by atoms with Crippen LogP contribution in [0.5, 0.6) is 0 Å². The molecule has 5 atom stereocenters. The van der Waals surface area contributed by atoms with Gasteiger partial charge in [-0.2, -0.15) is 0 Å². The van der Waals surface area contributed by atoms with Crippen molar-refractivity contribution in [3.05, 3.63) is 23.3 Å². The molecule has 0 spiro atoms. The van der Waals surface area contributed by atoms with Gasteiger partial charge in [-0.25, -0.2) is 0 Å². The van der Waals surface area contributed by atoms with E-state index in [-0.39, 0.29) is 30.5 Å². The standard InChI is InChI=1S/C17H32O3/c1-11(2)8-12(3)16(19)13(4)9-14(5)17(20-7)15(6)10-18/h8-9,12,14-19H,10H2,1-7H3/b13-9+/t12-,14+,15+,16-,17-/m1/s1. The average molecular weight is 284 g/mol. The summed E-state index contributed by atoms with van der Waals surface area (Å²) in [6.45, 7) is 12.2. The highest BCUT2D eigenvalue weighted by Gasteiger charge is 2.23. The minimum atomic E-state index is -0.478. The van der Waals surface area contributed by atoms with E-state index in [2.05, 4.69) is 19.1 Å². The molecule has 0 saturated heterocycles. The Bertz CT molecular complexity index is 329. The molecule has 118 valence electrons. The molecule has 0 aliphatic heterocycles. The van der Waals surface area contributed by atoms with Crippen LogP contribution in [0.2, 0.25) is 0 Å². The molecule has 0 aromatic heterocycles. The van der Waals surface area contributed by atoms with Gasteiger partial charge in [-0.15, -0.1) is 0 Å². The number of hydrogen-bond acceptors (Lipinski definition) is 3. The fraction of sp³-hybridized carbons (Fsp3) is 0.765. The predicted octanol–water partition coefficient (Wildman–Crippen LogP) is 3.18. The van der Waals surface area contributed by atoms with Crippen molar-refractivity contribution < 1.29 is 14.9 Å². The Kier molecular flexibility index (Phi) is 9.03. The van der Waals surface area contributed by atoms with Gasteiger partial charge in [0.1, 0.15) is 0 Å². The lowest BCUT2D eigenvalue weighted by Gasteiger charge is -2.27. The minimum Gasteiger partial charge on any atom is -0.396 e. The lowest BCUT2D eigenvalue weighted by atomic mass is 9.89. The quantitative estimate of drug-likeness (QED) is 0.673. The number of hydrogen-bond donors (Lipinski definition) is 2. The van der Waals surface area contributed by atoms with Crippen LogP contribution in [0, 0.1) is 17.8 Å². The molecular weight excluding hydrogens is 252 g/mol. The van der Waals surface area contributed by atoms with Crippen molar-refractivity contribution in [2.75, 3.05) is 13.7 Å². The van der Waals surface area contributed by atoms with E-state index in [1.54, 1.807) is 7.11 Å². The second-order valence-corrected chi connectivity index (χ2v) is 6.18. The molecule has 0 aliphatic rings. The van der Waals surface area contributed by atoms with Crippen molar-refractivity contribution in [2.24, 2.45) is 17.8 Å². The van der Waals surface area contributed by atoms with Gasteiger partial charge < -0.3 is 14.9 Å². The molecule has 3 heteroatoms. The third-order valence-corrected chi connectivity index (χ3v) is 3.73. The molecule has 0 rings (SSSR count). The minimum absolute atomic E-state index is 0.0408. The number of aliphatic hydroxyl groups excluding tert-OH is 2. The molecule has 2 N–H and O–H groups in total. The van der Waals surface area contributed by atoms with Crippen molar-refractivity contribution in [1.29, 1.82) is 0 Å². The average Bonchev–Trinajstić information content (AvgIpc) is 2.37. The van der Waals surface area contributed by atoms with Crippen LogP contribution in [0.3, 0.4) is 0 Å². The van der Waals surface area contributed by atoms with E-state index >= 15 is 0 Å². The van der Waals surface area contributed by atoms with Gasteiger partial charge in [-0.3, -0.25) is 0 Å². The maximum Gasteiger partial charge on any atom is 0.0807 e. The Morgan fingerprint density at radius 1 is 1.05 bits per heavy atom. The Morgan fingerprint density at radius 3 is 2.00 bits per heavy atom. The van der Waals surface area contributed by atoms with E-state index in [1.165, 1.54) is 5.57 Å². The van der Waals surface area contributed by atoms with Gasteiger partial charge in [0.15, 0.2) is 0 Å². The second kappa shape index (κ2) is 9.32. The summed E-state index contributed by atoms with van der Waals surface area (Å²) in [5, 5.41) is 19.6. The lowest BCUT2D eigenvalue weighted by Crippen LogP contribution is -2.30. The van der Waals surface area contributed by atoms with E-state index in [9.17, 15) is 10.2 Å². The van der Waals surface area contributed by atoms with Crippen LogP contribution in [-0.2, 0) is 4.74 Å². The topological polar surface area (TPSA) is 49.7 Å². The molecule has 0 aliphatic carbocycles. The lowest BCUT2D eigenvalue weighted by molar-refractivity contribution is 0.0101. The summed E-state index contributed by atoms with van der Waals surface area (Å²) in [4.78, 5) is 0. The monoisotopic (exact) mass is 284 g/mol. The van der Waals surface area contributed by atoms with E-state index in [1.807, 2.05) is 34.6 Å². The van der Waals surface area contributed by atoms with Crippen molar-refractivity contribution >= 4 is 0 Å². The van der Waals surface area contributed by atoms with Gasteiger partial charge in [0.05, 0.1) is 12.2 Å². The van der Waals surface area contributed by atoms with Gasteiger partial charge in [0, 0.05) is 31.5 Å². The smallest absolute Gasteiger partial charge is 0.0807 e. The number of ether oxygens (including phenoxy) is 1. The van der Waals surface area contributed by atoms with Crippen LogP contribution < -0.4 is 0 Å². The summed E-state index contributed by atoms with van der Waals surface area (Å²) in [6.07, 6.45) is 3.62. The molecule has 0 aromatic rings. The SMILES string of the molecule is CO[C@H]([C@@H](C)/C=C(\C)[C@H](O)[C@H](C)C=C(C)C)[C@@H](C)CO. The second-order valence-electron chi connectivity index (χ2n) is 6.18. The summed E-state index contributed by atoms with van der Waals surface area (Å²) in [5.74, 6) is 0.321. The maximum atomic E-state index is 10.3. The van der Waals surface area contributed by atoms with Crippen LogP contribution in [0.15, 0.2) is 23.3 Å². The van der Waals surface area contributed by atoms with E-state index < -0.39 is 6.10 Å². The van der Waals surface area contributed by atoms with Crippen molar-refractivity contribution in [1.82, 2.24) is 0 Å². The largest absolute Gasteiger partial charge is 0.396 e. The van der Waals surface area contributed by atoms with E-state index in [0.717, 1.165) is 5.57 Å². The summed E-state index contributed by atoms with van der Waals surface area (Å²) in [6, 6.07) is 0. The van der Waals surface area contributed by atoms with Crippen LogP contribution >= 0.6 is 0 Å². The van der Waals surface area contributed by atoms with E-state index in [4.69, 9.17) is 4.74 Å². The van der Waals surface area contributed by atoms with Gasteiger partial charge in [0.2, 0.25) is 0 Å². The Labute approximate surface area is 124 Å². The molecule has 0 fully saturated rings. The first-order valence-electron chi connectivity index (χ1n) is 7.39. The third-order valence-electron chi connectivity index (χ3n) is 3.73. The highest BCUT2D eigenvalue weighted by molar-refractivity contribution is 5.12. The molecule has 0 unspecified atom stereocenters. The van der Waals surface area contributed by atoms with Gasteiger partial charge >= 0.3 is 0 Å². The molecule has 0 amide bonds. The summed E-state index contributed by atoms with van der Waals surface area (Å²) in [7, 11) is 1.67. The molecule has 0 aromatic carbocycles. The molecule has 0 bridgehead atoms. The molecule has 0 heterocycles.